The number of nitrogens with zero attached hydrogens (tertiary/aromatic N) is 1. The van der Waals surface area contributed by atoms with Gasteiger partial charge in [-0.2, -0.15) is 0 Å². The number of carbonyl (C=O) groups excluding carboxylic acids is 2. The van der Waals surface area contributed by atoms with E-state index in [0.29, 0.717) is 11.0 Å². The van der Waals surface area contributed by atoms with Gasteiger partial charge in [0.2, 0.25) is 21.8 Å². The largest absolute Gasteiger partial charge is 0.346 e. The van der Waals surface area contributed by atoms with Crippen LogP contribution in [0, 0.1) is 19.8 Å². The molecular weight excluding hydrogens is 424 g/mol. The fourth-order valence-electron chi connectivity index (χ4n) is 3.12. The smallest absolute Gasteiger partial charge is 0.245 e. The van der Waals surface area contributed by atoms with E-state index in [1.54, 1.807) is 12.1 Å². The Bertz CT molecular complexity index is 1060. The van der Waals surface area contributed by atoms with Gasteiger partial charge in [-0.25, -0.2) is 18.1 Å². The molecule has 1 aliphatic carbocycles. The molecular formula is C20H26N4O4S2. The zero-order chi connectivity index (χ0) is 21.9. The van der Waals surface area contributed by atoms with Crippen molar-refractivity contribution in [2.45, 2.75) is 44.9 Å². The lowest BCUT2D eigenvalue weighted by Gasteiger charge is -2.15. The molecule has 2 amide bonds. The van der Waals surface area contributed by atoms with Crippen LogP contribution in [0.5, 0.6) is 0 Å². The average molecular weight is 451 g/mol. The third kappa shape index (κ3) is 5.65. The molecule has 1 heterocycles. The minimum absolute atomic E-state index is 0.0956. The number of hydrogen-bond acceptors (Lipinski definition) is 6. The molecule has 2 aromatic rings. The van der Waals surface area contributed by atoms with Crippen molar-refractivity contribution in [2.24, 2.45) is 5.92 Å². The van der Waals surface area contributed by atoms with Crippen LogP contribution in [0.4, 0.5) is 5.13 Å². The van der Waals surface area contributed by atoms with Crippen LogP contribution in [0.15, 0.2) is 23.1 Å². The average Bonchev–Trinajstić information content (AvgIpc) is 3.08. The lowest BCUT2D eigenvalue weighted by atomic mass is 9.93. The Balaban J connectivity index is 1.46. The highest BCUT2D eigenvalue weighted by atomic mass is 32.2. The van der Waals surface area contributed by atoms with Crippen molar-refractivity contribution in [3.63, 3.8) is 0 Å². The van der Waals surface area contributed by atoms with Gasteiger partial charge in [-0.1, -0.05) is 13.0 Å². The molecule has 0 unspecified atom stereocenters. The molecule has 162 valence electrons. The maximum Gasteiger partial charge on any atom is 0.245 e. The van der Waals surface area contributed by atoms with Crippen molar-refractivity contribution < 1.29 is 18.0 Å². The van der Waals surface area contributed by atoms with Crippen LogP contribution in [0.2, 0.25) is 0 Å². The Hall–Kier alpha value is -2.30. The van der Waals surface area contributed by atoms with Crippen molar-refractivity contribution in [1.29, 1.82) is 0 Å². The fourth-order valence-corrected chi connectivity index (χ4v) is 5.38. The van der Waals surface area contributed by atoms with Gasteiger partial charge in [0.1, 0.15) is 0 Å². The van der Waals surface area contributed by atoms with Crippen molar-refractivity contribution >= 4 is 38.3 Å². The molecule has 3 rings (SSSR count). The number of rotatable bonds is 7. The van der Waals surface area contributed by atoms with Gasteiger partial charge in [0.15, 0.2) is 5.13 Å². The third-order valence-electron chi connectivity index (χ3n) is 5.09. The van der Waals surface area contributed by atoms with Gasteiger partial charge in [0, 0.05) is 4.88 Å². The maximum absolute atomic E-state index is 12.3. The molecule has 3 N–H and O–H groups in total. The number of carbonyl (C=O) groups is 2. The molecule has 10 heteroatoms. The third-order valence-corrected chi connectivity index (χ3v) is 7.52. The van der Waals surface area contributed by atoms with E-state index in [-0.39, 0.29) is 11.4 Å². The predicted octanol–water partition coefficient (Wildman–Crippen LogP) is 1.92. The topological polar surface area (TPSA) is 117 Å². The number of nitrogens with one attached hydrogen (secondary N) is 3. The van der Waals surface area contributed by atoms with Crippen LogP contribution in [-0.4, -0.2) is 38.3 Å². The molecule has 0 fully saturated rings. The van der Waals surface area contributed by atoms with E-state index < -0.39 is 28.4 Å². The Morgan fingerprint density at radius 2 is 1.93 bits per heavy atom. The minimum Gasteiger partial charge on any atom is -0.346 e. The summed E-state index contributed by atoms with van der Waals surface area (Å²) in [6, 6.07) is 4.76. The van der Waals surface area contributed by atoms with Gasteiger partial charge < -0.3 is 10.6 Å². The number of aromatic nitrogens is 1. The van der Waals surface area contributed by atoms with E-state index in [1.807, 2.05) is 13.8 Å². The monoisotopic (exact) mass is 450 g/mol. The summed E-state index contributed by atoms with van der Waals surface area (Å²) < 4.78 is 26.9. The van der Waals surface area contributed by atoms with E-state index in [2.05, 4.69) is 27.3 Å². The van der Waals surface area contributed by atoms with E-state index in [4.69, 9.17) is 0 Å². The van der Waals surface area contributed by atoms with Gasteiger partial charge >= 0.3 is 0 Å². The fraction of sp³-hybridized carbons (Fsp3) is 0.450. The molecule has 1 aromatic carbocycles. The second kappa shape index (κ2) is 9.23. The van der Waals surface area contributed by atoms with E-state index in [9.17, 15) is 18.0 Å². The molecule has 0 radical (unpaired) electrons. The summed E-state index contributed by atoms with van der Waals surface area (Å²) in [4.78, 5) is 29.8. The summed E-state index contributed by atoms with van der Waals surface area (Å²) in [7, 11) is -3.81. The molecule has 1 aliphatic rings. The first-order valence-electron chi connectivity index (χ1n) is 9.76. The van der Waals surface area contributed by atoms with Crippen LogP contribution in [-0.2, 0) is 32.5 Å². The number of thiazole rings is 1. The number of anilines is 1. The Kier molecular flexibility index (Phi) is 6.89. The SMILES string of the molecule is Cc1ccc(S(=O)(=O)NCC(=O)NCC(=O)Nc2nc3c(s2)C[C@@H](C)CC3)cc1C. The van der Waals surface area contributed by atoms with Gasteiger partial charge in [-0.05, 0) is 62.3 Å². The van der Waals surface area contributed by atoms with Crippen LogP contribution in [0.25, 0.3) is 0 Å². The lowest BCUT2D eigenvalue weighted by Crippen LogP contribution is -2.40. The first kappa shape index (κ1) is 22.4. The second-order valence-electron chi connectivity index (χ2n) is 7.63. The molecule has 1 atom stereocenters. The highest BCUT2D eigenvalue weighted by Crippen LogP contribution is 2.31. The van der Waals surface area contributed by atoms with Gasteiger partial charge in [-0.15, -0.1) is 11.3 Å². The number of fused-ring (bicyclic) bond motifs is 1. The summed E-state index contributed by atoms with van der Waals surface area (Å²) in [6.07, 6.45) is 2.98. The zero-order valence-corrected chi connectivity index (χ0v) is 18.9. The number of amides is 2. The number of benzene rings is 1. The zero-order valence-electron chi connectivity index (χ0n) is 17.2. The lowest BCUT2D eigenvalue weighted by molar-refractivity contribution is -0.123. The van der Waals surface area contributed by atoms with E-state index in [0.717, 1.165) is 36.1 Å². The van der Waals surface area contributed by atoms with Gasteiger partial charge in [0.25, 0.3) is 0 Å². The standard InChI is InChI=1S/C20H26N4O4S2/c1-12-4-7-16-17(8-12)29-20(23-16)24-19(26)10-21-18(25)11-22-30(27,28)15-6-5-13(2)14(3)9-15/h5-6,9,12,22H,4,7-8,10-11H2,1-3H3,(H,21,25)(H,23,24,26)/t12-/m0/s1. The normalized spacial score (nSPS) is 16.0. The van der Waals surface area contributed by atoms with Crippen molar-refractivity contribution in [2.75, 3.05) is 18.4 Å². The number of hydrogen-bond donors (Lipinski definition) is 3. The molecule has 0 bridgehead atoms. The van der Waals surface area contributed by atoms with Crippen molar-refractivity contribution in [1.82, 2.24) is 15.0 Å². The molecule has 0 aliphatic heterocycles. The van der Waals surface area contributed by atoms with Crippen LogP contribution in [0.1, 0.15) is 35.0 Å². The van der Waals surface area contributed by atoms with Gasteiger partial charge in [-0.3, -0.25) is 9.59 Å². The minimum atomic E-state index is -3.81. The maximum atomic E-state index is 12.3. The Morgan fingerprint density at radius 3 is 2.67 bits per heavy atom. The summed E-state index contributed by atoms with van der Waals surface area (Å²) in [5.41, 5.74) is 2.86. The highest BCUT2D eigenvalue weighted by molar-refractivity contribution is 7.89. The van der Waals surface area contributed by atoms with Gasteiger partial charge in [0.05, 0.1) is 23.7 Å². The molecule has 8 nitrogen and oxygen atoms in total. The number of sulfonamides is 1. The first-order chi connectivity index (χ1) is 14.1. The predicted molar refractivity (Wildman–Crippen MR) is 116 cm³/mol. The van der Waals surface area contributed by atoms with Crippen LogP contribution in [0.3, 0.4) is 0 Å². The van der Waals surface area contributed by atoms with Crippen LogP contribution >= 0.6 is 11.3 Å². The van der Waals surface area contributed by atoms with Crippen molar-refractivity contribution in [3.05, 3.63) is 39.9 Å². The second-order valence-corrected chi connectivity index (χ2v) is 10.5. The summed E-state index contributed by atoms with van der Waals surface area (Å²) in [5, 5.41) is 5.64. The Morgan fingerprint density at radius 1 is 1.17 bits per heavy atom. The molecule has 1 aromatic heterocycles. The van der Waals surface area contributed by atoms with E-state index >= 15 is 0 Å². The Labute approximate surface area is 180 Å². The number of aryl methyl sites for hydroxylation is 3. The summed E-state index contributed by atoms with van der Waals surface area (Å²) in [6.45, 7) is 5.19. The summed E-state index contributed by atoms with van der Waals surface area (Å²) in [5.74, 6) is -0.377. The molecule has 0 saturated heterocycles. The quantitative estimate of drug-likeness (QED) is 0.596. The van der Waals surface area contributed by atoms with Crippen LogP contribution < -0.4 is 15.4 Å². The first-order valence-corrected chi connectivity index (χ1v) is 12.1. The van der Waals surface area contributed by atoms with Crippen molar-refractivity contribution in [3.8, 4) is 0 Å². The summed E-state index contributed by atoms with van der Waals surface area (Å²) >= 11 is 1.47. The molecule has 0 spiro atoms. The highest BCUT2D eigenvalue weighted by Gasteiger charge is 2.21. The molecule has 0 saturated carbocycles. The van der Waals surface area contributed by atoms with E-state index in [1.165, 1.54) is 22.3 Å². The molecule has 30 heavy (non-hydrogen) atoms.